The molecule has 3 atom stereocenters. The highest BCUT2D eigenvalue weighted by molar-refractivity contribution is 5.82. The number of aliphatic hydroxyl groups is 1. The highest BCUT2D eigenvalue weighted by Crippen LogP contribution is 2.22. The van der Waals surface area contributed by atoms with E-state index in [0.29, 0.717) is 6.92 Å². The van der Waals surface area contributed by atoms with E-state index in [1.807, 2.05) is 0 Å². The summed E-state index contributed by atoms with van der Waals surface area (Å²) in [5, 5.41) is 10.6. The lowest BCUT2D eigenvalue weighted by Crippen LogP contribution is -2.53. The Kier molecular flexibility index (Phi) is 6.07. The SMILES string of the molecule is C[C@@H](NC(=O)C(F)C(C)(O)C(F)F)OCC(F)(F)F. The summed E-state index contributed by atoms with van der Waals surface area (Å²) in [6, 6.07) is 0. The van der Waals surface area contributed by atoms with Crippen LogP contribution in [0.4, 0.5) is 26.3 Å². The molecule has 0 aromatic carbocycles. The molecule has 10 heteroatoms. The van der Waals surface area contributed by atoms with Gasteiger partial charge in [0.2, 0.25) is 6.17 Å². The molecule has 0 rings (SSSR count). The summed E-state index contributed by atoms with van der Waals surface area (Å²) >= 11 is 0. The fourth-order valence-corrected chi connectivity index (χ4v) is 0.911. The van der Waals surface area contributed by atoms with Crippen LogP contribution in [-0.4, -0.2) is 48.2 Å². The topological polar surface area (TPSA) is 58.6 Å². The molecule has 0 aliphatic carbocycles. The summed E-state index contributed by atoms with van der Waals surface area (Å²) in [5.74, 6) is -1.69. The highest BCUT2D eigenvalue weighted by atomic mass is 19.4. The van der Waals surface area contributed by atoms with Gasteiger partial charge in [-0.25, -0.2) is 13.2 Å². The van der Waals surface area contributed by atoms with E-state index in [0.717, 1.165) is 6.92 Å². The van der Waals surface area contributed by atoms with Gasteiger partial charge >= 0.3 is 6.18 Å². The fourth-order valence-electron chi connectivity index (χ4n) is 0.911. The van der Waals surface area contributed by atoms with Crippen LogP contribution in [-0.2, 0) is 9.53 Å². The van der Waals surface area contributed by atoms with Crippen molar-refractivity contribution in [3.63, 3.8) is 0 Å². The van der Waals surface area contributed by atoms with Crippen molar-refractivity contribution in [1.82, 2.24) is 5.32 Å². The van der Waals surface area contributed by atoms with Gasteiger partial charge in [-0.1, -0.05) is 0 Å². The molecule has 0 aromatic heterocycles. The molecule has 0 radical (unpaired) electrons. The Morgan fingerprint density at radius 3 is 2.16 bits per heavy atom. The molecular formula is C9H13F6NO3. The molecule has 0 aliphatic heterocycles. The number of ether oxygens (including phenoxy) is 1. The number of hydrogen-bond donors (Lipinski definition) is 2. The standard InChI is InChI=1S/C9H13F6NO3/c1-4(19-3-9(13,14)15)16-6(17)5(10)8(2,18)7(11)12/h4-5,7,18H,3H2,1-2H3,(H,16,17)/t4-,5?,8?/m0/s1. The fraction of sp³-hybridized carbons (Fsp3) is 0.889. The number of carbonyl (C=O) groups is 1. The number of halogens is 6. The van der Waals surface area contributed by atoms with Crippen molar-refractivity contribution >= 4 is 5.91 Å². The van der Waals surface area contributed by atoms with Gasteiger partial charge in [0.15, 0.2) is 5.60 Å². The summed E-state index contributed by atoms with van der Waals surface area (Å²) in [7, 11) is 0. The van der Waals surface area contributed by atoms with Crippen LogP contribution in [0.15, 0.2) is 0 Å². The molecule has 0 fully saturated rings. The normalized spacial score (nSPS) is 18.8. The molecule has 114 valence electrons. The summed E-state index contributed by atoms with van der Waals surface area (Å²) in [6.07, 6.45) is -12.8. The molecule has 4 nitrogen and oxygen atoms in total. The number of nitrogens with one attached hydrogen (secondary N) is 1. The number of rotatable bonds is 6. The minimum atomic E-state index is -4.65. The molecule has 0 spiro atoms. The van der Waals surface area contributed by atoms with Crippen LogP contribution in [0.25, 0.3) is 0 Å². The highest BCUT2D eigenvalue weighted by Gasteiger charge is 2.46. The zero-order valence-corrected chi connectivity index (χ0v) is 9.97. The van der Waals surface area contributed by atoms with Crippen LogP contribution in [0.5, 0.6) is 0 Å². The largest absolute Gasteiger partial charge is 0.411 e. The first-order chi connectivity index (χ1) is 8.38. The quantitative estimate of drug-likeness (QED) is 0.575. The monoisotopic (exact) mass is 297 g/mol. The van der Waals surface area contributed by atoms with Crippen LogP contribution < -0.4 is 5.32 Å². The molecule has 2 unspecified atom stereocenters. The lowest BCUT2D eigenvalue weighted by molar-refractivity contribution is -0.189. The molecule has 0 heterocycles. The van der Waals surface area contributed by atoms with Gasteiger partial charge in [-0.05, 0) is 13.8 Å². The maximum Gasteiger partial charge on any atom is 0.411 e. The van der Waals surface area contributed by atoms with Gasteiger partial charge < -0.3 is 15.2 Å². The Morgan fingerprint density at radius 2 is 1.79 bits per heavy atom. The molecule has 0 aromatic rings. The van der Waals surface area contributed by atoms with Crippen molar-refractivity contribution in [3.8, 4) is 0 Å². The number of carbonyl (C=O) groups excluding carboxylic acids is 1. The number of alkyl halides is 6. The van der Waals surface area contributed by atoms with Crippen molar-refractivity contribution in [2.45, 2.75) is 44.4 Å². The maximum atomic E-state index is 13.2. The molecule has 0 saturated heterocycles. The molecule has 1 amide bonds. The third-order valence-electron chi connectivity index (χ3n) is 2.03. The van der Waals surface area contributed by atoms with Crippen molar-refractivity contribution in [3.05, 3.63) is 0 Å². The summed E-state index contributed by atoms with van der Waals surface area (Å²) in [5.41, 5.74) is -3.24. The van der Waals surface area contributed by atoms with Crippen LogP contribution in [0, 0.1) is 0 Å². The Bertz CT molecular complexity index is 307. The number of hydrogen-bond acceptors (Lipinski definition) is 3. The van der Waals surface area contributed by atoms with Crippen molar-refractivity contribution in [2.24, 2.45) is 0 Å². The average molecular weight is 297 g/mol. The van der Waals surface area contributed by atoms with E-state index in [1.165, 1.54) is 0 Å². The smallest absolute Gasteiger partial charge is 0.381 e. The van der Waals surface area contributed by atoms with E-state index < -0.39 is 43.1 Å². The zero-order valence-electron chi connectivity index (χ0n) is 9.97. The van der Waals surface area contributed by atoms with Gasteiger partial charge in [-0.3, -0.25) is 4.79 Å². The van der Waals surface area contributed by atoms with E-state index in [1.54, 1.807) is 5.32 Å². The summed E-state index contributed by atoms with van der Waals surface area (Å²) < 4.78 is 77.0. The second-order valence-electron chi connectivity index (χ2n) is 3.97. The van der Waals surface area contributed by atoms with E-state index >= 15 is 0 Å². The van der Waals surface area contributed by atoms with Gasteiger partial charge in [0, 0.05) is 0 Å². The van der Waals surface area contributed by atoms with Crippen LogP contribution in [0.3, 0.4) is 0 Å². The molecule has 0 bridgehead atoms. The number of amides is 1. The first-order valence-electron chi connectivity index (χ1n) is 5.01. The van der Waals surface area contributed by atoms with Crippen molar-refractivity contribution in [2.75, 3.05) is 6.61 Å². The predicted molar refractivity (Wildman–Crippen MR) is 51.1 cm³/mol. The van der Waals surface area contributed by atoms with Crippen molar-refractivity contribution in [1.29, 1.82) is 0 Å². The molecule has 0 saturated carbocycles. The second-order valence-corrected chi connectivity index (χ2v) is 3.97. The van der Waals surface area contributed by atoms with E-state index in [2.05, 4.69) is 4.74 Å². The van der Waals surface area contributed by atoms with Crippen LogP contribution in [0.1, 0.15) is 13.8 Å². The van der Waals surface area contributed by atoms with Crippen molar-refractivity contribution < 1.29 is 41.0 Å². The Hall–Kier alpha value is -1.03. The maximum absolute atomic E-state index is 13.2. The minimum Gasteiger partial charge on any atom is -0.381 e. The Labute approximate surface area is 104 Å². The lowest BCUT2D eigenvalue weighted by atomic mass is 10.0. The van der Waals surface area contributed by atoms with E-state index in [-0.39, 0.29) is 0 Å². The predicted octanol–water partition coefficient (Wildman–Crippen LogP) is 1.38. The Morgan fingerprint density at radius 1 is 1.32 bits per heavy atom. The third-order valence-corrected chi connectivity index (χ3v) is 2.03. The average Bonchev–Trinajstić information content (AvgIpc) is 2.23. The molecule has 19 heavy (non-hydrogen) atoms. The lowest BCUT2D eigenvalue weighted by Gasteiger charge is -2.26. The van der Waals surface area contributed by atoms with Crippen LogP contribution in [0.2, 0.25) is 0 Å². The summed E-state index contributed by atoms with van der Waals surface area (Å²) in [6.45, 7) is -0.354. The van der Waals surface area contributed by atoms with Gasteiger partial charge in [-0.15, -0.1) is 0 Å². The molecule has 0 aliphatic rings. The first-order valence-corrected chi connectivity index (χ1v) is 5.01. The van der Waals surface area contributed by atoms with Gasteiger partial charge in [0.05, 0.1) is 0 Å². The van der Waals surface area contributed by atoms with E-state index in [4.69, 9.17) is 5.11 Å². The third kappa shape index (κ3) is 6.10. The van der Waals surface area contributed by atoms with Gasteiger partial charge in [0.1, 0.15) is 12.8 Å². The molecular weight excluding hydrogens is 284 g/mol. The minimum absolute atomic E-state index is 0.392. The zero-order chi connectivity index (χ0) is 15.4. The van der Waals surface area contributed by atoms with Gasteiger partial charge in [0.25, 0.3) is 12.3 Å². The first kappa shape index (κ1) is 18.0. The molecule has 2 N–H and O–H groups in total. The van der Waals surface area contributed by atoms with Crippen LogP contribution >= 0.6 is 0 Å². The second kappa shape index (κ2) is 6.42. The Balaban J connectivity index is 4.38. The summed E-state index contributed by atoms with van der Waals surface area (Å²) in [4.78, 5) is 11.1. The van der Waals surface area contributed by atoms with E-state index in [9.17, 15) is 31.1 Å². The van der Waals surface area contributed by atoms with Gasteiger partial charge in [-0.2, -0.15) is 13.2 Å².